The van der Waals surface area contributed by atoms with Gasteiger partial charge < -0.3 is 5.73 Å². The number of anilines is 1. The molecule has 0 aliphatic heterocycles. The largest absolute Gasteiger partial charge is 0.380 e. The third-order valence-electron chi connectivity index (χ3n) is 3.37. The van der Waals surface area contributed by atoms with Crippen molar-refractivity contribution in [3.8, 4) is 6.07 Å². The lowest BCUT2D eigenvalue weighted by atomic mass is 9.90. The SMILES string of the molecule is CC(C)(C)c1[nH]nc(N=Nc2c(N)n[nH]c2C(C)(C)C)c1C#N. The van der Waals surface area contributed by atoms with Crippen molar-refractivity contribution in [2.45, 2.75) is 52.4 Å². The van der Waals surface area contributed by atoms with Crippen LogP contribution in [0.25, 0.3) is 0 Å². The van der Waals surface area contributed by atoms with Crippen molar-refractivity contribution >= 4 is 17.3 Å². The lowest BCUT2D eigenvalue weighted by Gasteiger charge is -2.16. The third-order valence-corrected chi connectivity index (χ3v) is 3.37. The zero-order valence-electron chi connectivity index (χ0n) is 14.3. The fourth-order valence-corrected chi connectivity index (χ4v) is 2.13. The molecule has 8 nitrogen and oxygen atoms in total. The maximum absolute atomic E-state index is 9.39. The van der Waals surface area contributed by atoms with Crippen molar-refractivity contribution < 1.29 is 0 Å². The van der Waals surface area contributed by atoms with Gasteiger partial charge in [0.1, 0.15) is 11.6 Å². The molecule has 0 aliphatic rings. The highest BCUT2D eigenvalue weighted by Gasteiger charge is 2.25. The average molecular weight is 314 g/mol. The van der Waals surface area contributed by atoms with E-state index in [1.165, 1.54) is 0 Å². The summed E-state index contributed by atoms with van der Waals surface area (Å²) in [5.74, 6) is 0.515. The predicted molar refractivity (Wildman–Crippen MR) is 87.9 cm³/mol. The van der Waals surface area contributed by atoms with Crippen molar-refractivity contribution in [2.75, 3.05) is 5.73 Å². The van der Waals surface area contributed by atoms with Gasteiger partial charge in [0.15, 0.2) is 11.5 Å². The van der Waals surface area contributed by atoms with Gasteiger partial charge in [0.05, 0.1) is 11.4 Å². The Morgan fingerprint density at radius 1 is 0.957 bits per heavy atom. The van der Waals surface area contributed by atoms with E-state index in [-0.39, 0.29) is 22.5 Å². The Morgan fingerprint density at radius 3 is 2.04 bits per heavy atom. The number of nitrogens with two attached hydrogens (primary N) is 1. The van der Waals surface area contributed by atoms with E-state index in [1.807, 2.05) is 41.5 Å². The van der Waals surface area contributed by atoms with Crippen LogP contribution in [0, 0.1) is 11.3 Å². The summed E-state index contributed by atoms with van der Waals surface area (Å²) >= 11 is 0. The first-order valence-electron chi connectivity index (χ1n) is 7.30. The number of rotatable bonds is 2. The fourth-order valence-electron chi connectivity index (χ4n) is 2.13. The molecule has 0 aromatic carbocycles. The number of H-pyrrole nitrogens is 2. The van der Waals surface area contributed by atoms with E-state index < -0.39 is 0 Å². The Balaban J connectivity index is 2.46. The van der Waals surface area contributed by atoms with Crippen LogP contribution in [0.5, 0.6) is 0 Å². The van der Waals surface area contributed by atoms with Crippen LogP contribution in [-0.4, -0.2) is 20.4 Å². The molecule has 2 aromatic rings. The van der Waals surface area contributed by atoms with Gasteiger partial charge in [-0.2, -0.15) is 15.5 Å². The molecular formula is C15H22N8. The Labute approximate surface area is 135 Å². The molecule has 23 heavy (non-hydrogen) atoms. The van der Waals surface area contributed by atoms with Crippen LogP contribution in [0.4, 0.5) is 17.3 Å². The van der Waals surface area contributed by atoms with Crippen molar-refractivity contribution in [3.63, 3.8) is 0 Å². The normalized spacial score (nSPS) is 12.7. The summed E-state index contributed by atoms with van der Waals surface area (Å²) in [7, 11) is 0. The van der Waals surface area contributed by atoms with Gasteiger partial charge in [0.2, 0.25) is 5.82 Å². The molecule has 0 aliphatic carbocycles. The van der Waals surface area contributed by atoms with Gasteiger partial charge in [-0.05, 0) is 0 Å². The average Bonchev–Trinajstić information content (AvgIpc) is 2.98. The van der Waals surface area contributed by atoms with Gasteiger partial charge in [0, 0.05) is 10.8 Å². The number of aromatic nitrogens is 4. The number of nitrogen functional groups attached to an aromatic ring is 1. The Hall–Kier alpha value is -2.69. The molecule has 0 saturated carbocycles. The summed E-state index contributed by atoms with van der Waals surface area (Å²) in [6.07, 6.45) is 0. The van der Waals surface area contributed by atoms with Gasteiger partial charge in [-0.3, -0.25) is 10.2 Å². The second-order valence-electron chi connectivity index (χ2n) is 7.44. The van der Waals surface area contributed by atoms with E-state index in [9.17, 15) is 5.26 Å². The molecule has 0 saturated heterocycles. The molecule has 4 N–H and O–H groups in total. The minimum absolute atomic E-state index is 0.209. The highest BCUT2D eigenvalue weighted by Crippen LogP contribution is 2.35. The van der Waals surface area contributed by atoms with Crippen LogP contribution >= 0.6 is 0 Å². The number of aromatic amines is 2. The van der Waals surface area contributed by atoms with E-state index in [4.69, 9.17) is 5.73 Å². The van der Waals surface area contributed by atoms with Crippen molar-refractivity contribution in [1.29, 1.82) is 5.26 Å². The minimum Gasteiger partial charge on any atom is -0.380 e. The van der Waals surface area contributed by atoms with Gasteiger partial charge in [-0.15, -0.1) is 10.2 Å². The molecule has 0 amide bonds. The topological polar surface area (TPSA) is 132 Å². The second kappa shape index (κ2) is 5.50. The lowest BCUT2D eigenvalue weighted by molar-refractivity contribution is 0.565. The van der Waals surface area contributed by atoms with Crippen LogP contribution < -0.4 is 5.73 Å². The molecule has 2 heterocycles. The second-order valence-corrected chi connectivity index (χ2v) is 7.44. The Morgan fingerprint density at radius 2 is 1.52 bits per heavy atom. The molecule has 8 heteroatoms. The highest BCUT2D eigenvalue weighted by atomic mass is 15.3. The van der Waals surface area contributed by atoms with Gasteiger partial charge in [-0.25, -0.2) is 0 Å². The van der Waals surface area contributed by atoms with E-state index in [1.54, 1.807) is 0 Å². The molecule has 0 atom stereocenters. The molecule has 0 unspecified atom stereocenters. The number of hydrogen-bond acceptors (Lipinski definition) is 6. The number of nitriles is 1. The summed E-state index contributed by atoms with van der Waals surface area (Å²) in [4.78, 5) is 0. The maximum Gasteiger partial charge on any atom is 0.213 e. The zero-order chi connectivity index (χ0) is 17.4. The number of nitrogens with zero attached hydrogens (tertiary/aromatic N) is 5. The van der Waals surface area contributed by atoms with Crippen LogP contribution in [0.2, 0.25) is 0 Å². The lowest BCUT2D eigenvalue weighted by Crippen LogP contribution is -2.13. The first-order valence-corrected chi connectivity index (χ1v) is 7.30. The van der Waals surface area contributed by atoms with E-state index >= 15 is 0 Å². The molecule has 2 rings (SSSR count). The van der Waals surface area contributed by atoms with Crippen molar-refractivity contribution in [3.05, 3.63) is 17.0 Å². The van der Waals surface area contributed by atoms with Gasteiger partial charge in [0.25, 0.3) is 0 Å². The van der Waals surface area contributed by atoms with Crippen LogP contribution in [0.1, 0.15) is 58.5 Å². The molecular weight excluding hydrogens is 292 g/mol. The summed E-state index contributed by atoms with van der Waals surface area (Å²) in [5.41, 5.74) is 7.78. The van der Waals surface area contributed by atoms with Crippen molar-refractivity contribution in [1.82, 2.24) is 20.4 Å². The summed E-state index contributed by atoms with van der Waals surface area (Å²) in [5, 5.41) is 31.5. The predicted octanol–water partition coefficient (Wildman–Crippen LogP) is 3.60. The number of hydrogen-bond donors (Lipinski definition) is 3. The van der Waals surface area contributed by atoms with Gasteiger partial charge >= 0.3 is 0 Å². The van der Waals surface area contributed by atoms with Crippen LogP contribution in [0.3, 0.4) is 0 Å². The van der Waals surface area contributed by atoms with Gasteiger partial charge in [-0.1, -0.05) is 41.5 Å². The maximum atomic E-state index is 9.39. The quantitative estimate of drug-likeness (QED) is 0.730. The summed E-state index contributed by atoms with van der Waals surface area (Å²) in [6, 6.07) is 2.14. The smallest absolute Gasteiger partial charge is 0.213 e. The molecule has 0 spiro atoms. The minimum atomic E-state index is -0.239. The van der Waals surface area contributed by atoms with E-state index in [0.29, 0.717) is 11.3 Å². The third kappa shape index (κ3) is 3.23. The standard InChI is InChI=1S/C15H22N8/c1-14(2,3)10-8(7-16)13(23-19-10)22-18-9-11(15(4,5)6)20-21-12(9)17/h1-6H3,(H,19,23)(H3,17,20,21). The molecule has 0 radical (unpaired) electrons. The van der Waals surface area contributed by atoms with Crippen LogP contribution in [0.15, 0.2) is 10.2 Å². The zero-order valence-corrected chi connectivity index (χ0v) is 14.3. The monoisotopic (exact) mass is 314 g/mol. The number of azo groups is 1. The van der Waals surface area contributed by atoms with E-state index in [2.05, 4.69) is 36.7 Å². The Bertz CT molecular complexity index is 774. The Kier molecular flexibility index (Phi) is 3.99. The molecule has 0 fully saturated rings. The first-order chi connectivity index (χ1) is 10.6. The fraction of sp³-hybridized carbons (Fsp3) is 0.533. The van der Waals surface area contributed by atoms with E-state index in [0.717, 1.165) is 11.4 Å². The van der Waals surface area contributed by atoms with Crippen LogP contribution in [-0.2, 0) is 10.8 Å². The molecule has 0 bridgehead atoms. The summed E-state index contributed by atoms with van der Waals surface area (Å²) in [6.45, 7) is 12.0. The summed E-state index contributed by atoms with van der Waals surface area (Å²) < 4.78 is 0. The molecule has 2 aromatic heterocycles. The first kappa shape index (κ1) is 16.7. The highest BCUT2D eigenvalue weighted by molar-refractivity contribution is 5.62. The number of nitrogens with one attached hydrogen (secondary N) is 2. The molecule has 122 valence electrons. The van der Waals surface area contributed by atoms with Crippen molar-refractivity contribution in [2.24, 2.45) is 10.2 Å².